The maximum atomic E-state index is 13.9. The van der Waals surface area contributed by atoms with E-state index in [0.29, 0.717) is 4.57 Å². The van der Waals surface area contributed by atoms with Crippen molar-refractivity contribution in [1.29, 1.82) is 0 Å². The van der Waals surface area contributed by atoms with E-state index in [2.05, 4.69) is 5.32 Å². The van der Waals surface area contributed by atoms with Crippen LogP contribution in [-0.4, -0.2) is 27.7 Å². The van der Waals surface area contributed by atoms with E-state index in [-0.39, 0.29) is 24.8 Å². The molecule has 1 aliphatic rings. The summed E-state index contributed by atoms with van der Waals surface area (Å²) in [6, 6.07) is 0. The van der Waals surface area contributed by atoms with E-state index in [1.807, 2.05) is 0 Å². The van der Waals surface area contributed by atoms with Crippen molar-refractivity contribution in [1.82, 2.24) is 9.55 Å². The van der Waals surface area contributed by atoms with Gasteiger partial charge in [0, 0.05) is 6.54 Å². The van der Waals surface area contributed by atoms with Crippen molar-refractivity contribution < 1.29 is 31.3 Å². The molecule has 0 saturated heterocycles. The van der Waals surface area contributed by atoms with Crippen LogP contribution in [0.2, 0.25) is 0 Å². The molecule has 0 aromatic carbocycles. The molecule has 0 spiro atoms. The van der Waals surface area contributed by atoms with E-state index in [9.17, 15) is 35.9 Å². The Balaban J connectivity index is 3.01. The highest BCUT2D eigenvalue weighted by molar-refractivity contribution is 5.92. The quantitative estimate of drug-likeness (QED) is 0.652. The Morgan fingerprint density at radius 1 is 1.00 bits per heavy atom. The van der Waals surface area contributed by atoms with Gasteiger partial charge in [-0.2, -0.15) is 26.3 Å². The molecule has 0 bridgehead atoms. The van der Waals surface area contributed by atoms with Crippen LogP contribution in [0.3, 0.4) is 0 Å². The van der Waals surface area contributed by atoms with E-state index >= 15 is 0 Å². The molecular formula is C16H21F6N4O2+. The number of nitrogens with one attached hydrogen (secondary N) is 3. The van der Waals surface area contributed by atoms with Gasteiger partial charge in [-0.1, -0.05) is 27.7 Å². The summed E-state index contributed by atoms with van der Waals surface area (Å²) in [7, 11) is 0. The number of nitrogens with zero attached hydrogens (tertiary/aromatic N) is 1. The first-order valence-electron chi connectivity index (χ1n) is 8.54. The zero-order valence-electron chi connectivity index (χ0n) is 15.6. The number of H-pyrrole nitrogens is 1. The fourth-order valence-electron chi connectivity index (χ4n) is 3.15. The van der Waals surface area contributed by atoms with Crippen LogP contribution in [0, 0.1) is 11.8 Å². The number of aromatic amines is 1. The summed E-state index contributed by atoms with van der Waals surface area (Å²) in [4.78, 5) is 27.4. The van der Waals surface area contributed by atoms with Gasteiger partial charge in [-0.15, -0.1) is 0 Å². The minimum Gasteiger partial charge on any atom is -0.273 e. The summed E-state index contributed by atoms with van der Waals surface area (Å²) < 4.78 is 84.1. The predicted molar refractivity (Wildman–Crippen MR) is 89.0 cm³/mol. The molecule has 2 heterocycles. The van der Waals surface area contributed by atoms with Crippen molar-refractivity contribution in [2.24, 2.45) is 11.8 Å². The number of anilines is 1. The van der Waals surface area contributed by atoms with Crippen LogP contribution >= 0.6 is 0 Å². The summed E-state index contributed by atoms with van der Waals surface area (Å²) in [6.07, 6.45) is -12.0. The molecule has 0 aliphatic carbocycles. The third kappa shape index (κ3) is 3.55. The minimum atomic E-state index is -5.91. The van der Waals surface area contributed by atoms with E-state index in [4.69, 9.17) is 0 Å². The van der Waals surface area contributed by atoms with Gasteiger partial charge in [0.1, 0.15) is 5.56 Å². The molecule has 2 rings (SSSR count). The Hall–Kier alpha value is -2.27. The van der Waals surface area contributed by atoms with Crippen molar-refractivity contribution in [2.45, 2.75) is 58.6 Å². The lowest BCUT2D eigenvalue weighted by Crippen LogP contribution is -2.97. The van der Waals surface area contributed by atoms with Gasteiger partial charge in [0.15, 0.2) is 0 Å². The van der Waals surface area contributed by atoms with Gasteiger partial charge in [0.05, 0.1) is 6.42 Å². The molecule has 1 aromatic rings. The van der Waals surface area contributed by atoms with Gasteiger partial charge in [-0.3, -0.25) is 19.3 Å². The number of aromatic nitrogens is 2. The number of rotatable bonds is 4. The average molecular weight is 415 g/mol. The van der Waals surface area contributed by atoms with Gasteiger partial charge < -0.3 is 0 Å². The van der Waals surface area contributed by atoms with Crippen LogP contribution < -0.4 is 21.6 Å². The summed E-state index contributed by atoms with van der Waals surface area (Å²) in [5, 5.41) is 2.43. The molecule has 12 heteroatoms. The monoisotopic (exact) mass is 415 g/mol. The number of amidine groups is 1. The lowest BCUT2D eigenvalue weighted by Gasteiger charge is -2.35. The molecule has 0 saturated carbocycles. The topological polar surface area (TPSA) is 80.9 Å². The Morgan fingerprint density at radius 3 is 1.96 bits per heavy atom. The first-order valence-corrected chi connectivity index (χ1v) is 8.54. The Bertz CT molecular complexity index is 878. The van der Waals surface area contributed by atoms with Crippen molar-refractivity contribution in [3.05, 3.63) is 26.4 Å². The molecule has 0 amide bonds. The number of halogens is 6. The minimum absolute atomic E-state index is 0.185. The Kier molecular flexibility index (Phi) is 5.47. The number of alkyl halides is 6. The molecular weight excluding hydrogens is 394 g/mol. The first-order chi connectivity index (χ1) is 12.6. The molecule has 0 atom stereocenters. The lowest BCUT2D eigenvalue weighted by molar-refractivity contribution is -0.659. The molecule has 0 unspecified atom stereocenters. The third-order valence-electron chi connectivity index (χ3n) is 4.19. The van der Waals surface area contributed by atoms with Crippen molar-refractivity contribution >= 4 is 11.7 Å². The summed E-state index contributed by atoms with van der Waals surface area (Å²) in [5.74, 6) is -1.86. The molecule has 1 aliphatic heterocycles. The predicted octanol–water partition coefficient (Wildman–Crippen LogP) is 1.46. The number of fused-ring (bicyclic) bond motifs is 1. The second kappa shape index (κ2) is 6.96. The molecule has 158 valence electrons. The second-order valence-electron chi connectivity index (χ2n) is 7.56. The van der Waals surface area contributed by atoms with Crippen molar-refractivity contribution in [2.75, 3.05) is 5.32 Å². The smallest absolute Gasteiger partial charge is 0.273 e. The van der Waals surface area contributed by atoms with Gasteiger partial charge in [-0.25, -0.2) is 10.1 Å². The highest BCUT2D eigenvalue weighted by atomic mass is 19.4. The van der Waals surface area contributed by atoms with Gasteiger partial charge in [0.25, 0.3) is 5.56 Å². The van der Waals surface area contributed by atoms with Gasteiger partial charge >= 0.3 is 23.6 Å². The van der Waals surface area contributed by atoms with Crippen LogP contribution in [0.5, 0.6) is 0 Å². The fraction of sp³-hybridized carbons (Fsp3) is 0.688. The highest BCUT2D eigenvalue weighted by Gasteiger charge is 2.78. The fourth-order valence-corrected chi connectivity index (χ4v) is 3.15. The zero-order valence-corrected chi connectivity index (χ0v) is 15.6. The van der Waals surface area contributed by atoms with E-state index in [0.717, 1.165) is 0 Å². The SMILES string of the molecule is CC(C)CC1=[NH+]C(C(F)(F)F)(C(F)(F)F)c2c(n(CC(C)C)c(=O)[nH]c2=O)N1. The van der Waals surface area contributed by atoms with Crippen LogP contribution in [-0.2, 0) is 12.1 Å². The van der Waals surface area contributed by atoms with Gasteiger partial charge in [-0.05, 0) is 11.8 Å². The Labute approximate surface area is 155 Å². The molecule has 6 nitrogen and oxygen atoms in total. The molecule has 0 fully saturated rings. The van der Waals surface area contributed by atoms with Crippen LogP contribution in [0.25, 0.3) is 0 Å². The van der Waals surface area contributed by atoms with Crippen molar-refractivity contribution in [3.8, 4) is 0 Å². The largest absolute Gasteiger partial charge is 0.446 e. The molecule has 28 heavy (non-hydrogen) atoms. The maximum absolute atomic E-state index is 13.9. The third-order valence-corrected chi connectivity index (χ3v) is 4.19. The van der Waals surface area contributed by atoms with Gasteiger partial charge in [0.2, 0.25) is 11.7 Å². The standard InChI is InChI=1S/C16H20F6N4O2/c1-7(2)5-9-23-11-10(12(27)24-13(28)26(11)6-8(3)4)14(25-9,15(17,18)19)16(20,21)22/h7-8H,5-6H2,1-4H3,(H,23,25)(H,24,27,28)/p+1. The van der Waals surface area contributed by atoms with E-state index in [1.165, 1.54) is 4.99 Å². The van der Waals surface area contributed by atoms with Crippen LogP contribution in [0.15, 0.2) is 9.59 Å². The molecule has 1 aromatic heterocycles. The van der Waals surface area contributed by atoms with E-state index in [1.54, 1.807) is 32.7 Å². The maximum Gasteiger partial charge on any atom is 0.446 e. The number of hydrogen-bond acceptors (Lipinski definition) is 3. The van der Waals surface area contributed by atoms with Crippen LogP contribution in [0.4, 0.5) is 32.2 Å². The number of hydrogen-bond donors (Lipinski definition) is 3. The lowest BCUT2D eigenvalue weighted by atomic mass is 9.87. The summed E-state index contributed by atoms with van der Waals surface area (Å²) >= 11 is 0. The average Bonchev–Trinajstić information content (AvgIpc) is 2.47. The zero-order chi connectivity index (χ0) is 21.7. The normalized spacial score (nSPS) is 16.8. The first kappa shape index (κ1) is 22.0. The van der Waals surface area contributed by atoms with E-state index < -0.39 is 46.4 Å². The molecule has 0 radical (unpaired) electrons. The summed E-state index contributed by atoms with van der Waals surface area (Å²) in [5.41, 5.74) is -9.11. The highest BCUT2D eigenvalue weighted by Crippen LogP contribution is 2.48. The van der Waals surface area contributed by atoms with Crippen molar-refractivity contribution in [3.63, 3.8) is 0 Å². The second-order valence-corrected chi connectivity index (χ2v) is 7.56. The van der Waals surface area contributed by atoms with Crippen LogP contribution in [0.1, 0.15) is 39.7 Å². The molecule has 3 N–H and O–H groups in total. The Morgan fingerprint density at radius 2 is 1.54 bits per heavy atom. The summed E-state index contributed by atoms with van der Waals surface area (Å²) in [6.45, 7) is 6.28.